The number of pyridine rings is 1. The van der Waals surface area contributed by atoms with Gasteiger partial charge in [-0.15, -0.1) is 0 Å². The maximum Gasteiger partial charge on any atom is 0.138 e. The van der Waals surface area contributed by atoms with Crippen molar-refractivity contribution in [2.45, 2.75) is 39.2 Å². The molecule has 3 heteroatoms. The van der Waals surface area contributed by atoms with Crippen molar-refractivity contribution in [2.24, 2.45) is 5.92 Å². The van der Waals surface area contributed by atoms with Crippen LogP contribution >= 0.6 is 0 Å². The molecule has 2 bridgehead atoms. The molecule has 0 aliphatic carbocycles. The molecule has 1 atom stereocenters. The van der Waals surface area contributed by atoms with E-state index < -0.39 is 0 Å². The van der Waals surface area contributed by atoms with Crippen LogP contribution in [-0.4, -0.2) is 28.6 Å². The summed E-state index contributed by atoms with van der Waals surface area (Å²) in [6.45, 7) is 8.64. The van der Waals surface area contributed by atoms with Gasteiger partial charge in [-0.05, 0) is 57.2 Å². The van der Waals surface area contributed by atoms with Crippen molar-refractivity contribution < 1.29 is 4.74 Å². The van der Waals surface area contributed by atoms with Crippen LogP contribution in [-0.2, 0) is 0 Å². The van der Waals surface area contributed by atoms with Crippen molar-refractivity contribution in [3.8, 4) is 5.75 Å². The van der Waals surface area contributed by atoms with Crippen LogP contribution in [0.2, 0.25) is 0 Å². The molecule has 2 aliphatic heterocycles. The molecular weight excluding hydrogens is 236 g/mol. The highest BCUT2D eigenvalue weighted by atomic mass is 16.5. The van der Waals surface area contributed by atoms with Crippen molar-refractivity contribution in [1.82, 2.24) is 9.88 Å². The fourth-order valence-corrected chi connectivity index (χ4v) is 2.95. The topological polar surface area (TPSA) is 25.4 Å². The molecule has 0 amide bonds. The summed E-state index contributed by atoms with van der Waals surface area (Å²) in [7, 11) is 0. The van der Waals surface area contributed by atoms with E-state index in [-0.39, 0.29) is 5.60 Å². The van der Waals surface area contributed by atoms with Gasteiger partial charge in [-0.25, -0.2) is 0 Å². The molecule has 0 saturated carbocycles. The first-order valence-electron chi connectivity index (χ1n) is 7.09. The summed E-state index contributed by atoms with van der Waals surface area (Å²) in [6.07, 6.45) is 8.55. The average molecular weight is 258 g/mol. The Morgan fingerprint density at radius 3 is 2.84 bits per heavy atom. The molecular formula is C16H22N2O. The van der Waals surface area contributed by atoms with Gasteiger partial charge in [0, 0.05) is 25.0 Å². The molecule has 102 valence electrons. The summed E-state index contributed by atoms with van der Waals surface area (Å²) in [5.41, 5.74) is 2.43. The molecule has 0 radical (unpaired) electrons. The van der Waals surface area contributed by atoms with Crippen molar-refractivity contribution in [3.05, 3.63) is 29.7 Å². The Morgan fingerprint density at radius 1 is 1.37 bits per heavy atom. The molecule has 0 aromatic carbocycles. The maximum absolute atomic E-state index is 5.86. The Morgan fingerprint density at radius 2 is 2.21 bits per heavy atom. The number of allylic oxidation sites excluding steroid dienone is 1. The van der Waals surface area contributed by atoms with Crippen LogP contribution in [0, 0.1) is 5.92 Å². The number of hydrogen-bond donors (Lipinski definition) is 0. The van der Waals surface area contributed by atoms with E-state index in [1.165, 1.54) is 31.6 Å². The fourth-order valence-electron chi connectivity index (χ4n) is 2.95. The zero-order chi connectivity index (χ0) is 13.5. The van der Waals surface area contributed by atoms with E-state index in [0.717, 1.165) is 17.2 Å². The van der Waals surface area contributed by atoms with E-state index >= 15 is 0 Å². The average Bonchev–Trinajstić information content (AvgIpc) is 2.88. The van der Waals surface area contributed by atoms with E-state index in [0.29, 0.717) is 0 Å². The summed E-state index contributed by atoms with van der Waals surface area (Å²) in [6, 6.07) is 2.08. The van der Waals surface area contributed by atoms with E-state index in [4.69, 9.17) is 4.74 Å². The number of fused-ring (bicyclic) bond motifs is 2. The smallest absolute Gasteiger partial charge is 0.138 e. The minimum Gasteiger partial charge on any atom is -0.487 e. The second-order valence-electron chi connectivity index (χ2n) is 6.61. The molecule has 3 rings (SSSR count). The monoisotopic (exact) mass is 258 g/mol. The van der Waals surface area contributed by atoms with Gasteiger partial charge in [-0.1, -0.05) is 0 Å². The van der Waals surface area contributed by atoms with Crippen LogP contribution in [0.5, 0.6) is 5.75 Å². The van der Waals surface area contributed by atoms with Crippen molar-refractivity contribution in [3.63, 3.8) is 0 Å². The molecule has 0 N–H and O–H groups in total. The van der Waals surface area contributed by atoms with Crippen molar-refractivity contribution in [2.75, 3.05) is 13.1 Å². The number of piperidine rings is 1. The molecule has 0 spiro atoms. The lowest BCUT2D eigenvalue weighted by atomic mass is 10.0. The van der Waals surface area contributed by atoms with Gasteiger partial charge in [0.15, 0.2) is 0 Å². The van der Waals surface area contributed by atoms with Crippen molar-refractivity contribution in [1.29, 1.82) is 0 Å². The minimum atomic E-state index is -0.177. The third kappa shape index (κ3) is 2.91. The lowest BCUT2D eigenvalue weighted by molar-refractivity contribution is 0.130. The Hall–Kier alpha value is -1.51. The van der Waals surface area contributed by atoms with Crippen LogP contribution < -0.4 is 4.74 Å². The standard InChI is InChI=1S/C16H22N2O/c1-16(2,3)19-15-8-13(9-17-10-15)7-14-6-12-4-5-18(14)11-12/h7-10,12H,4-6,11H2,1-3H3/b14-7+. The zero-order valence-electron chi connectivity index (χ0n) is 12.0. The number of nitrogens with zero attached hydrogens (tertiary/aromatic N) is 2. The van der Waals surface area contributed by atoms with Crippen LogP contribution in [0.25, 0.3) is 6.08 Å². The lowest BCUT2D eigenvalue weighted by Crippen LogP contribution is -2.23. The normalized spacial score (nSPS) is 24.3. The zero-order valence-corrected chi connectivity index (χ0v) is 12.0. The van der Waals surface area contributed by atoms with E-state index in [9.17, 15) is 0 Å². The van der Waals surface area contributed by atoms with Gasteiger partial charge >= 0.3 is 0 Å². The van der Waals surface area contributed by atoms with E-state index in [1.54, 1.807) is 6.20 Å². The second kappa shape index (κ2) is 4.55. The van der Waals surface area contributed by atoms with Crippen LogP contribution in [0.15, 0.2) is 24.2 Å². The molecule has 3 heterocycles. The van der Waals surface area contributed by atoms with Gasteiger partial charge in [0.2, 0.25) is 0 Å². The summed E-state index contributed by atoms with van der Waals surface area (Å²) in [5.74, 6) is 1.73. The van der Waals surface area contributed by atoms with Gasteiger partial charge in [0.25, 0.3) is 0 Å². The Bertz CT molecular complexity index is 502. The number of ether oxygens (including phenoxy) is 1. The maximum atomic E-state index is 5.86. The number of aromatic nitrogens is 1. The van der Waals surface area contributed by atoms with E-state index in [1.807, 2.05) is 6.20 Å². The number of rotatable bonds is 2. The quantitative estimate of drug-likeness (QED) is 0.813. The molecule has 2 aliphatic rings. The predicted octanol–water partition coefficient (Wildman–Crippen LogP) is 3.33. The first kappa shape index (κ1) is 12.5. The SMILES string of the molecule is CC(C)(C)Oc1cncc(/C=C2\CC3CCN2C3)c1. The largest absolute Gasteiger partial charge is 0.487 e. The third-order valence-electron chi connectivity index (χ3n) is 3.68. The van der Waals surface area contributed by atoms with Gasteiger partial charge in [-0.3, -0.25) is 4.98 Å². The van der Waals surface area contributed by atoms with Crippen LogP contribution in [0.3, 0.4) is 0 Å². The molecule has 19 heavy (non-hydrogen) atoms. The minimum absolute atomic E-state index is 0.177. The Kier molecular flexibility index (Phi) is 3.00. The lowest BCUT2D eigenvalue weighted by Gasteiger charge is -2.21. The Balaban J connectivity index is 1.78. The highest BCUT2D eigenvalue weighted by Crippen LogP contribution is 2.36. The predicted molar refractivity (Wildman–Crippen MR) is 76.9 cm³/mol. The summed E-state index contributed by atoms with van der Waals surface area (Å²) in [4.78, 5) is 6.79. The van der Waals surface area contributed by atoms with Gasteiger partial charge in [-0.2, -0.15) is 0 Å². The van der Waals surface area contributed by atoms with Crippen molar-refractivity contribution >= 4 is 6.08 Å². The first-order chi connectivity index (χ1) is 8.99. The summed E-state index contributed by atoms with van der Waals surface area (Å²) in [5, 5.41) is 0. The highest BCUT2D eigenvalue weighted by Gasteiger charge is 2.32. The molecule has 3 nitrogen and oxygen atoms in total. The van der Waals surface area contributed by atoms with Gasteiger partial charge in [0.05, 0.1) is 6.20 Å². The first-order valence-corrected chi connectivity index (χ1v) is 7.09. The Labute approximate surface area is 115 Å². The summed E-state index contributed by atoms with van der Waals surface area (Å²) < 4.78 is 5.86. The van der Waals surface area contributed by atoms with Gasteiger partial charge in [0.1, 0.15) is 11.4 Å². The van der Waals surface area contributed by atoms with Crippen LogP contribution in [0.1, 0.15) is 39.2 Å². The second-order valence-corrected chi connectivity index (χ2v) is 6.61. The molecule has 1 aromatic heterocycles. The van der Waals surface area contributed by atoms with Crippen LogP contribution in [0.4, 0.5) is 0 Å². The van der Waals surface area contributed by atoms with Gasteiger partial charge < -0.3 is 9.64 Å². The third-order valence-corrected chi connectivity index (χ3v) is 3.68. The fraction of sp³-hybridized carbons (Fsp3) is 0.562. The molecule has 1 aromatic rings. The van der Waals surface area contributed by atoms with E-state index in [2.05, 4.69) is 42.8 Å². The number of hydrogen-bond acceptors (Lipinski definition) is 3. The molecule has 1 unspecified atom stereocenters. The highest BCUT2D eigenvalue weighted by molar-refractivity contribution is 5.54. The molecule has 2 saturated heterocycles. The molecule has 2 fully saturated rings. The summed E-state index contributed by atoms with van der Waals surface area (Å²) >= 11 is 0.